The Bertz CT molecular complexity index is 681. The summed E-state index contributed by atoms with van der Waals surface area (Å²) in [6.45, 7) is 1.83. The van der Waals surface area contributed by atoms with Gasteiger partial charge in [-0.3, -0.25) is 9.59 Å². The van der Waals surface area contributed by atoms with Crippen molar-refractivity contribution in [1.82, 2.24) is 10.7 Å². The van der Waals surface area contributed by atoms with Gasteiger partial charge in [-0.1, -0.05) is 18.2 Å². The van der Waals surface area contributed by atoms with Gasteiger partial charge in [-0.25, -0.2) is 5.43 Å². The van der Waals surface area contributed by atoms with Crippen LogP contribution >= 0.6 is 0 Å². The molecule has 0 aliphatic rings. The van der Waals surface area contributed by atoms with Crippen molar-refractivity contribution >= 4 is 17.5 Å². The summed E-state index contributed by atoms with van der Waals surface area (Å²) in [5, 5.41) is 6.57. The number of carbonyl (C=O) groups is 2. The Morgan fingerprint density at radius 3 is 2.62 bits per heavy atom. The maximum Gasteiger partial charge on any atom is 0.277 e. The van der Waals surface area contributed by atoms with Crippen LogP contribution in [0.5, 0.6) is 5.75 Å². The monoisotopic (exact) mass is 329 g/mol. The normalized spacial score (nSPS) is 11.0. The quantitative estimate of drug-likeness (QED) is 0.571. The van der Waals surface area contributed by atoms with E-state index < -0.39 is 5.91 Å². The van der Waals surface area contributed by atoms with E-state index in [2.05, 4.69) is 15.8 Å². The van der Waals surface area contributed by atoms with Crippen LogP contribution in [0, 0.1) is 0 Å². The number of para-hydroxylation sites is 1. The van der Waals surface area contributed by atoms with Crippen LogP contribution in [0.1, 0.15) is 19.1 Å². The molecule has 24 heavy (non-hydrogen) atoms. The minimum atomic E-state index is -0.394. The van der Waals surface area contributed by atoms with Gasteiger partial charge < -0.3 is 14.5 Å². The van der Waals surface area contributed by atoms with Crippen molar-refractivity contribution in [3.63, 3.8) is 0 Å². The van der Waals surface area contributed by atoms with Gasteiger partial charge in [0.1, 0.15) is 11.5 Å². The first-order valence-electron chi connectivity index (χ1n) is 7.42. The minimum Gasteiger partial charge on any atom is -0.484 e. The van der Waals surface area contributed by atoms with Crippen molar-refractivity contribution in [2.45, 2.75) is 19.9 Å². The molecule has 2 amide bonds. The zero-order chi connectivity index (χ0) is 17.2. The van der Waals surface area contributed by atoms with E-state index in [1.165, 1.54) is 0 Å². The Hall–Kier alpha value is -3.09. The summed E-state index contributed by atoms with van der Waals surface area (Å²) in [6, 6.07) is 12.5. The Morgan fingerprint density at radius 2 is 1.92 bits per heavy atom. The number of nitrogens with one attached hydrogen (secondary N) is 2. The number of carbonyl (C=O) groups excluding carboxylic acids is 2. The van der Waals surface area contributed by atoms with Gasteiger partial charge in [0.15, 0.2) is 6.61 Å². The summed E-state index contributed by atoms with van der Waals surface area (Å²) in [7, 11) is 0. The molecule has 0 fully saturated rings. The van der Waals surface area contributed by atoms with Crippen LogP contribution in [0.15, 0.2) is 58.2 Å². The third-order valence-corrected chi connectivity index (χ3v) is 2.94. The van der Waals surface area contributed by atoms with E-state index in [4.69, 9.17) is 9.15 Å². The second-order valence-electron chi connectivity index (χ2n) is 5.02. The summed E-state index contributed by atoms with van der Waals surface area (Å²) in [5.41, 5.74) is 2.84. The highest BCUT2D eigenvalue weighted by Crippen LogP contribution is 2.07. The molecule has 0 radical (unpaired) electrons. The fourth-order valence-corrected chi connectivity index (χ4v) is 1.79. The number of hydrazone groups is 1. The summed E-state index contributed by atoms with van der Waals surface area (Å²) in [6.07, 6.45) is 1.63. The average Bonchev–Trinajstić information content (AvgIpc) is 3.11. The minimum absolute atomic E-state index is 0.0839. The molecule has 126 valence electrons. The van der Waals surface area contributed by atoms with Gasteiger partial charge in [-0.05, 0) is 31.2 Å². The van der Waals surface area contributed by atoms with E-state index in [1.807, 2.05) is 18.2 Å². The Morgan fingerprint density at radius 1 is 1.12 bits per heavy atom. The molecule has 2 N–H and O–H groups in total. The molecule has 0 bridgehead atoms. The molecule has 0 spiro atoms. The molecule has 0 atom stereocenters. The number of rotatable bonds is 8. The van der Waals surface area contributed by atoms with Crippen LogP contribution < -0.4 is 15.5 Å². The lowest BCUT2D eigenvalue weighted by atomic mass is 10.3. The largest absolute Gasteiger partial charge is 0.484 e. The fraction of sp³-hybridized carbons (Fsp3) is 0.235. The standard InChI is InChI=1S/C17H19N3O4/c1-13(10-16(21)18-11-15-8-5-9-23-15)19-20-17(22)12-24-14-6-3-2-4-7-14/h2-9H,10-12H2,1H3,(H,18,21)(H,20,22)/b19-13+. The Kier molecular flexibility index (Phi) is 6.58. The molecule has 1 heterocycles. The second-order valence-corrected chi connectivity index (χ2v) is 5.02. The van der Waals surface area contributed by atoms with Crippen molar-refractivity contribution in [2.75, 3.05) is 6.61 Å². The number of ether oxygens (including phenoxy) is 1. The summed E-state index contributed by atoms with van der Waals surface area (Å²) >= 11 is 0. The van der Waals surface area contributed by atoms with Gasteiger partial charge in [0.05, 0.1) is 19.2 Å². The van der Waals surface area contributed by atoms with Crippen LogP contribution in [-0.4, -0.2) is 24.1 Å². The van der Waals surface area contributed by atoms with Crippen LogP contribution in [-0.2, 0) is 16.1 Å². The highest BCUT2D eigenvalue weighted by atomic mass is 16.5. The molecule has 2 rings (SSSR count). The van der Waals surface area contributed by atoms with E-state index in [0.717, 1.165) is 0 Å². The summed E-state index contributed by atoms with van der Waals surface area (Å²) in [4.78, 5) is 23.4. The van der Waals surface area contributed by atoms with E-state index in [0.29, 0.717) is 23.8 Å². The molecular weight excluding hydrogens is 310 g/mol. The van der Waals surface area contributed by atoms with Crippen LogP contribution in [0.2, 0.25) is 0 Å². The van der Waals surface area contributed by atoms with Crippen LogP contribution in [0.4, 0.5) is 0 Å². The molecule has 7 heteroatoms. The Labute approximate surface area is 139 Å². The maximum absolute atomic E-state index is 11.7. The number of amides is 2. The molecule has 7 nitrogen and oxygen atoms in total. The predicted octanol–water partition coefficient (Wildman–Crippen LogP) is 1.86. The van der Waals surface area contributed by atoms with E-state index in [1.54, 1.807) is 37.5 Å². The number of hydrogen-bond acceptors (Lipinski definition) is 5. The highest BCUT2D eigenvalue weighted by Gasteiger charge is 2.06. The van der Waals surface area contributed by atoms with Gasteiger partial charge in [-0.15, -0.1) is 0 Å². The smallest absolute Gasteiger partial charge is 0.277 e. The number of benzene rings is 1. The molecule has 1 aromatic heterocycles. The summed E-state index contributed by atoms with van der Waals surface area (Å²) < 4.78 is 10.4. The molecular formula is C17H19N3O4. The number of hydrogen-bond donors (Lipinski definition) is 2. The van der Waals surface area contributed by atoms with E-state index >= 15 is 0 Å². The molecule has 0 aliphatic carbocycles. The highest BCUT2D eigenvalue weighted by molar-refractivity contribution is 6.00. The maximum atomic E-state index is 11.7. The van der Waals surface area contributed by atoms with Gasteiger partial charge in [0.2, 0.25) is 5.91 Å². The van der Waals surface area contributed by atoms with Crippen molar-refractivity contribution in [2.24, 2.45) is 5.10 Å². The molecule has 0 unspecified atom stereocenters. The van der Waals surface area contributed by atoms with Gasteiger partial charge in [0.25, 0.3) is 5.91 Å². The molecule has 0 saturated carbocycles. The third-order valence-electron chi connectivity index (χ3n) is 2.94. The fourth-order valence-electron chi connectivity index (χ4n) is 1.79. The van der Waals surface area contributed by atoms with Crippen LogP contribution in [0.25, 0.3) is 0 Å². The number of furan rings is 1. The van der Waals surface area contributed by atoms with Gasteiger partial charge in [0, 0.05) is 5.71 Å². The van der Waals surface area contributed by atoms with Gasteiger partial charge >= 0.3 is 0 Å². The van der Waals surface area contributed by atoms with Crippen molar-refractivity contribution in [3.8, 4) is 5.75 Å². The average molecular weight is 329 g/mol. The molecule has 1 aromatic carbocycles. The van der Waals surface area contributed by atoms with Crippen molar-refractivity contribution < 1.29 is 18.7 Å². The lowest BCUT2D eigenvalue weighted by molar-refractivity contribution is -0.123. The zero-order valence-corrected chi connectivity index (χ0v) is 13.3. The Balaban J connectivity index is 1.66. The first-order chi connectivity index (χ1) is 11.6. The lowest BCUT2D eigenvalue weighted by Crippen LogP contribution is -2.28. The first kappa shape index (κ1) is 17.3. The second kappa shape index (κ2) is 9.14. The van der Waals surface area contributed by atoms with E-state index in [9.17, 15) is 9.59 Å². The van der Waals surface area contributed by atoms with Crippen LogP contribution in [0.3, 0.4) is 0 Å². The molecule has 2 aromatic rings. The van der Waals surface area contributed by atoms with Gasteiger partial charge in [-0.2, -0.15) is 5.10 Å². The predicted molar refractivity (Wildman–Crippen MR) is 88.4 cm³/mol. The molecule has 0 saturated heterocycles. The first-order valence-corrected chi connectivity index (χ1v) is 7.42. The SMILES string of the molecule is C/C(CC(=O)NCc1ccco1)=N\NC(=O)COc1ccccc1. The lowest BCUT2D eigenvalue weighted by Gasteiger charge is -2.06. The third kappa shape index (κ3) is 6.35. The zero-order valence-electron chi connectivity index (χ0n) is 13.3. The number of nitrogens with zero attached hydrogens (tertiary/aromatic N) is 1. The molecule has 0 aliphatic heterocycles. The summed E-state index contributed by atoms with van der Waals surface area (Å²) in [5.74, 6) is 0.673. The topological polar surface area (TPSA) is 92.9 Å². The van der Waals surface area contributed by atoms with Crippen molar-refractivity contribution in [1.29, 1.82) is 0 Å². The van der Waals surface area contributed by atoms with Crippen molar-refractivity contribution in [3.05, 3.63) is 54.5 Å². The van der Waals surface area contributed by atoms with E-state index in [-0.39, 0.29) is 18.9 Å².